The molecule has 1 unspecified atom stereocenters. The Morgan fingerprint density at radius 3 is 2.96 bits per heavy atom. The molecule has 1 atom stereocenters. The van der Waals surface area contributed by atoms with Gasteiger partial charge >= 0.3 is 0 Å². The van der Waals surface area contributed by atoms with Gasteiger partial charge in [0.25, 0.3) is 11.6 Å². The van der Waals surface area contributed by atoms with Crippen LogP contribution >= 0.6 is 11.3 Å². The molecule has 7 heteroatoms. The van der Waals surface area contributed by atoms with Gasteiger partial charge in [-0.1, -0.05) is 5.16 Å². The predicted octanol–water partition coefficient (Wildman–Crippen LogP) is 2.54. The number of rotatable bonds is 4. The van der Waals surface area contributed by atoms with E-state index >= 15 is 0 Å². The van der Waals surface area contributed by atoms with Crippen LogP contribution < -0.4 is 5.32 Å². The Balaban J connectivity index is 1.85. The van der Waals surface area contributed by atoms with Gasteiger partial charge in [-0.25, -0.2) is 4.98 Å². The van der Waals surface area contributed by atoms with Crippen molar-refractivity contribution in [1.29, 1.82) is 0 Å². The van der Waals surface area contributed by atoms with Crippen LogP contribution in [0.1, 0.15) is 34.2 Å². The lowest BCUT2D eigenvalue weighted by Gasteiger charge is -2.22. The van der Waals surface area contributed by atoms with Gasteiger partial charge in [0, 0.05) is 5.69 Å². The summed E-state index contributed by atoms with van der Waals surface area (Å²) < 4.78 is 5.14. The van der Waals surface area contributed by atoms with Crippen LogP contribution in [0, 0.1) is 13.8 Å². The highest BCUT2D eigenvalue weighted by atomic mass is 32.1. The van der Waals surface area contributed by atoms with Gasteiger partial charge in [-0.05, 0) is 49.2 Å². The van der Waals surface area contributed by atoms with Gasteiger partial charge in [0.2, 0.25) is 0 Å². The number of hydrogen-bond acceptors (Lipinski definition) is 6. The number of carbonyl (C=O) groups is 1. The van der Waals surface area contributed by atoms with E-state index in [0.29, 0.717) is 28.1 Å². The van der Waals surface area contributed by atoms with Crippen molar-refractivity contribution in [2.75, 3.05) is 6.54 Å². The molecule has 0 aliphatic carbocycles. The van der Waals surface area contributed by atoms with Gasteiger partial charge in [0.15, 0.2) is 0 Å². The number of aliphatic hydroxyl groups is 1. The summed E-state index contributed by atoms with van der Waals surface area (Å²) in [5, 5.41) is 21.5. The molecule has 0 aliphatic rings. The van der Waals surface area contributed by atoms with Crippen molar-refractivity contribution in [2.24, 2.45) is 0 Å². The molecule has 0 fully saturated rings. The lowest BCUT2D eigenvalue weighted by Crippen LogP contribution is -2.38. The molecular weight excluding hydrogens is 314 g/mol. The minimum atomic E-state index is -1.12. The molecule has 6 nitrogen and oxygen atoms in total. The van der Waals surface area contributed by atoms with Crippen molar-refractivity contribution in [2.45, 2.75) is 26.4 Å². The largest absolute Gasteiger partial charge is 0.384 e. The van der Waals surface area contributed by atoms with Gasteiger partial charge in [0.1, 0.15) is 5.60 Å². The minimum absolute atomic E-state index is 0.107. The number of pyridine rings is 1. The lowest BCUT2D eigenvalue weighted by molar-refractivity contribution is 0.0530. The van der Waals surface area contributed by atoms with Crippen LogP contribution in [-0.4, -0.2) is 27.7 Å². The summed E-state index contributed by atoms with van der Waals surface area (Å²) in [6, 6.07) is 3.54. The van der Waals surface area contributed by atoms with Crippen LogP contribution in [0.3, 0.4) is 0 Å². The Morgan fingerprint density at radius 1 is 1.48 bits per heavy atom. The number of amides is 1. The number of carbonyl (C=O) groups excluding carboxylic acids is 1. The van der Waals surface area contributed by atoms with Gasteiger partial charge in [-0.2, -0.15) is 11.3 Å². The standard InChI is InChI=1S/C16H17N3O3S/c1-9-6-12(13-10(2)19-22-15(13)18-9)14(20)17-8-16(3,21)11-4-5-23-7-11/h4-7,21H,8H2,1-3H3,(H,17,20). The molecule has 2 N–H and O–H groups in total. The van der Waals surface area contributed by atoms with Gasteiger partial charge in [-0.3, -0.25) is 4.79 Å². The lowest BCUT2D eigenvalue weighted by atomic mass is 9.99. The Hall–Kier alpha value is -2.25. The second kappa shape index (κ2) is 5.75. The van der Waals surface area contributed by atoms with Crippen LogP contribution in [0.15, 0.2) is 27.4 Å². The molecule has 3 heterocycles. The van der Waals surface area contributed by atoms with E-state index < -0.39 is 5.60 Å². The third-order valence-electron chi connectivity index (χ3n) is 3.73. The maximum absolute atomic E-state index is 12.6. The molecule has 3 aromatic rings. The molecule has 23 heavy (non-hydrogen) atoms. The molecular formula is C16H17N3O3S. The zero-order chi connectivity index (χ0) is 16.6. The SMILES string of the molecule is Cc1cc(C(=O)NCC(C)(O)c2ccsc2)c2c(C)noc2n1. The highest BCUT2D eigenvalue weighted by Crippen LogP contribution is 2.24. The topological polar surface area (TPSA) is 88.2 Å². The average molecular weight is 331 g/mol. The summed E-state index contributed by atoms with van der Waals surface area (Å²) in [6.07, 6.45) is 0. The van der Waals surface area contributed by atoms with Crippen LogP contribution in [0.25, 0.3) is 11.1 Å². The van der Waals surface area contributed by atoms with Crippen LogP contribution in [-0.2, 0) is 5.60 Å². The summed E-state index contributed by atoms with van der Waals surface area (Å²) in [4.78, 5) is 16.8. The highest BCUT2D eigenvalue weighted by molar-refractivity contribution is 7.08. The zero-order valence-corrected chi connectivity index (χ0v) is 13.9. The first-order chi connectivity index (χ1) is 10.9. The first-order valence-corrected chi connectivity index (χ1v) is 8.09. The van der Waals surface area contributed by atoms with E-state index in [-0.39, 0.29) is 12.5 Å². The maximum atomic E-state index is 12.6. The van der Waals surface area contributed by atoms with E-state index in [1.54, 1.807) is 26.8 Å². The Labute approximate surface area is 137 Å². The molecule has 120 valence electrons. The Bertz CT molecular complexity index is 853. The molecule has 3 aromatic heterocycles. The first kappa shape index (κ1) is 15.6. The highest BCUT2D eigenvalue weighted by Gasteiger charge is 2.25. The van der Waals surface area contributed by atoms with E-state index in [1.807, 2.05) is 16.8 Å². The van der Waals surface area contributed by atoms with Crippen molar-refractivity contribution in [3.63, 3.8) is 0 Å². The van der Waals surface area contributed by atoms with Crippen LogP contribution in [0.4, 0.5) is 0 Å². The fourth-order valence-corrected chi connectivity index (χ4v) is 3.20. The van der Waals surface area contributed by atoms with E-state index in [4.69, 9.17) is 4.52 Å². The third kappa shape index (κ3) is 2.97. The monoisotopic (exact) mass is 331 g/mol. The van der Waals surface area contributed by atoms with E-state index in [9.17, 15) is 9.90 Å². The summed E-state index contributed by atoms with van der Waals surface area (Å²) >= 11 is 1.50. The molecule has 0 radical (unpaired) electrons. The number of aromatic nitrogens is 2. The molecule has 0 bridgehead atoms. The summed E-state index contributed by atoms with van der Waals surface area (Å²) in [7, 11) is 0. The predicted molar refractivity (Wildman–Crippen MR) is 87.5 cm³/mol. The Kier molecular flexibility index (Phi) is 3.91. The number of hydrogen-bond donors (Lipinski definition) is 2. The number of fused-ring (bicyclic) bond motifs is 1. The van der Waals surface area contributed by atoms with E-state index in [0.717, 1.165) is 5.56 Å². The molecule has 1 amide bonds. The van der Waals surface area contributed by atoms with Crippen molar-refractivity contribution in [3.05, 3.63) is 45.4 Å². The average Bonchev–Trinajstić information content (AvgIpc) is 3.15. The quantitative estimate of drug-likeness (QED) is 0.767. The fourth-order valence-electron chi connectivity index (χ4n) is 2.42. The fraction of sp³-hybridized carbons (Fsp3) is 0.312. The van der Waals surface area contributed by atoms with Crippen molar-refractivity contribution >= 4 is 28.3 Å². The Morgan fingerprint density at radius 2 is 2.26 bits per heavy atom. The normalized spacial score (nSPS) is 13.9. The van der Waals surface area contributed by atoms with Gasteiger partial charge in [0.05, 0.1) is 23.2 Å². The number of nitrogens with zero attached hydrogens (tertiary/aromatic N) is 2. The zero-order valence-electron chi connectivity index (χ0n) is 13.1. The summed E-state index contributed by atoms with van der Waals surface area (Å²) in [5.41, 5.74) is 1.73. The minimum Gasteiger partial charge on any atom is -0.384 e. The number of thiophene rings is 1. The van der Waals surface area contributed by atoms with Crippen molar-refractivity contribution < 1.29 is 14.4 Å². The van der Waals surface area contributed by atoms with Crippen LogP contribution in [0.5, 0.6) is 0 Å². The smallest absolute Gasteiger partial charge is 0.258 e. The van der Waals surface area contributed by atoms with Crippen molar-refractivity contribution in [3.8, 4) is 0 Å². The summed E-state index contributed by atoms with van der Waals surface area (Å²) in [5.74, 6) is -0.290. The van der Waals surface area contributed by atoms with Crippen LogP contribution in [0.2, 0.25) is 0 Å². The number of aryl methyl sites for hydroxylation is 2. The third-order valence-corrected chi connectivity index (χ3v) is 4.41. The molecule has 0 saturated carbocycles. The van der Waals surface area contributed by atoms with E-state index in [2.05, 4.69) is 15.5 Å². The number of nitrogens with one attached hydrogen (secondary N) is 1. The summed E-state index contributed by atoms with van der Waals surface area (Å²) in [6.45, 7) is 5.33. The molecule has 0 spiro atoms. The molecule has 0 aliphatic heterocycles. The molecule has 0 aromatic carbocycles. The molecule has 0 saturated heterocycles. The second-order valence-corrected chi connectivity index (χ2v) is 6.51. The second-order valence-electron chi connectivity index (χ2n) is 5.73. The first-order valence-electron chi connectivity index (χ1n) is 7.15. The molecule has 3 rings (SSSR count). The maximum Gasteiger partial charge on any atom is 0.258 e. The van der Waals surface area contributed by atoms with Gasteiger partial charge < -0.3 is 14.9 Å². The van der Waals surface area contributed by atoms with Crippen molar-refractivity contribution in [1.82, 2.24) is 15.5 Å². The van der Waals surface area contributed by atoms with E-state index in [1.165, 1.54) is 11.3 Å². The van der Waals surface area contributed by atoms with Gasteiger partial charge in [-0.15, -0.1) is 0 Å².